The Morgan fingerprint density at radius 2 is 1.83 bits per heavy atom. The van der Waals surface area contributed by atoms with Crippen LogP contribution >= 0.6 is 0 Å². The first-order valence-corrected chi connectivity index (χ1v) is 7.54. The highest BCUT2D eigenvalue weighted by Crippen LogP contribution is 2.18. The Morgan fingerprint density at radius 1 is 1.09 bits per heavy atom. The summed E-state index contributed by atoms with van der Waals surface area (Å²) in [7, 11) is 3.90. The van der Waals surface area contributed by atoms with Crippen LogP contribution in [0.5, 0.6) is 0 Å². The quantitative estimate of drug-likeness (QED) is 0.724. The largest absolute Gasteiger partial charge is 0.354 e. The highest BCUT2D eigenvalue weighted by molar-refractivity contribution is 6.07. The summed E-state index contributed by atoms with van der Waals surface area (Å²) < 4.78 is 0. The van der Waals surface area contributed by atoms with Gasteiger partial charge in [0.25, 0.3) is 5.91 Å². The molecule has 3 rings (SSSR count). The minimum Gasteiger partial charge on any atom is -0.354 e. The number of hydrogen-bond acceptors (Lipinski definition) is 3. The number of nitrogens with one attached hydrogen (secondary N) is 2. The minimum atomic E-state index is -0.177. The number of pyridine rings is 1. The molecule has 0 saturated carbocycles. The van der Waals surface area contributed by atoms with Gasteiger partial charge in [-0.05, 0) is 38.4 Å². The number of aromatic amines is 1. The molecule has 0 radical (unpaired) electrons. The third-order valence-corrected chi connectivity index (χ3v) is 3.83. The SMILES string of the molecule is CN(C)CCNC(=O)c1cccc2c(=O)c3ccccc3[nH]c12. The number of carbonyl (C=O) groups is 1. The normalized spacial score (nSPS) is 11.3. The number of carbonyl (C=O) groups excluding carboxylic acids is 1. The van der Waals surface area contributed by atoms with E-state index in [9.17, 15) is 9.59 Å². The van der Waals surface area contributed by atoms with E-state index in [0.29, 0.717) is 28.4 Å². The zero-order valence-electron chi connectivity index (χ0n) is 13.2. The lowest BCUT2D eigenvalue weighted by Gasteiger charge is -2.12. The lowest BCUT2D eigenvalue weighted by molar-refractivity contribution is 0.0952. The predicted molar refractivity (Wildman–Crippen MR) is 93.0 cm³/mol. The number of amides is 1. The maximum absolute atomic E-state index is 12.6. The molecule has 0 aliphatic rings. The molecule has 23 heavy (non-hydrogen) atoms. The van der Waals surface area contributed by atoms with Gasteiger partial charge in [-0.15, -0.1) is 0 Å². The lowest BCUT2D eigenvalue weighted by Crippen LogP contribution is -2.31. The zero-order valence-corrected chi connectivity index (χ0v) is 13.2. The van der Waals surface area contributed by atoms with Gasteiger partial charge in [0.2, 0.25) is 0 Å². The van der Waals surface area contributed by atoms with Gasteiger partial charge >= 0.3 is 0 Å². The fourth-order valence-corrected chi connectivity index (χ4v) is 2.62. The summed E-state index contributed by atoms with van der Waals surface area (Å²) in [6.07, 6.45) is 0. The van der Waals surface area contributed by atoms with Crippen LogP contribution in [0, 0.1) is 0 Å². The topological polar surface area (TPSA) is 65.2 Å². The summed E-state index contributed by atoms with van der Waals surface area (Å²) in [6, 6.07) is 12.6. The van der Waals surface area contributed by atoms with Crippen molar-refractivity contribution in [2.75, 3.05) is 27.2 Å². The molecule has 0 aliphatic carbocycles. The van der Waals surface area contributed by atoms with Crippen molar-refractivity contribution in [3.05, 3.63) is 58.3 Å². The number of fused-ring (bicyclic) bond motifs is 2. The van der Waals surface area contributed by atoms with E-state index in [1.165, 1.54) is 0 Å². The molecule has 0 aliphatic heterocycles. The number of H-pyrrole nitrogens is 1. The molecule has 2 aromatic carbocycles. The van der Waals surface area contributed by atoms with Gasteiger partial charge in [-0.3, -0.25) is 9.59 Å². The molecule has 1 amide bonds. The summed E-state index contributed by atoms with van der Waals surface area (Å²) >= 11 is 0. The minimum absolute atomic E-state index is 0.0581. The first kappa shape index (κ1) is 15.2. The highest BCUT2D eigenvalue weighted by Gasteiger charge is 2.13. The zero-order chi connectivity index (χ0) is 16.4. The second-order valence-electron chi connectivity index (χ2n) is 5.79. The third-order valence-electron chi connectivity index (χ3n) is 3.83. The molecular formula is C18H19N3O2. The van der Waals surface area contributed by atoms with Crippen LogP contribution in [0.15, 0.2) is 47.3 Å². The molecule has 0 saturated heterocycles. The van der Waals surface area contributed by atoms with Crippen molar-refractivity contribution in [2.45, 2.75) is 0 Å². The van der Waals surface area contributed by atoms with E-state index in [4.69, 9.17) is 0 Å². The molecule has 5 heteroatoms. The van der Waals surface area contributed by atoms with Crippen LogP contribution in [0.25, 0.3) is 21.8 Å². The van der Waals surface area contributed by atoms with E-state index < -0.39 is 0 Å². The summed E-state index contributed by atoms with van der Waals surface area (Å²) in [4.78, 5) is 30.3. The molecular weight excluding hydrogens is 290 g/mol. The molecule has 118 valence electrons. The first-order chi connectivity index (χ1) is 11.1. The van der Waals surface area contributed by atoms with E-state index in [1.807, 2.05) is 37.2 Å². The van der Waals surface area contributed by atoms with E-state index in [2.05, 4.69) is 10.3 Å². The van der Waals surface area contributed by atoms with Crippen LogP contribution in [0.2, 0.25) is 0 Å². The standard InChI is InChI=1S/C18H19N3O2/c1-21(2)11-10-19-18(23)14-8-5-7-13-16(14)20-15-9-4-3-6-12(15)17(13)22/h3-9H,10-11H2,1-2H3,(H,19,23)(H,20,22). The van der Waals surface area contributed by atoms with Crippen molar-refractivity contribution in [3.8, 4) is 0 Å². The van der Waals surface area contributed by atoms with Gasteiger partial charge in [-0.2, -0.15) is 0 Å². The number of para-hydroxylation sites is 2. The van der Waals surface area contributed by atoms with Gasteiger partial charge in [-0.1, -0.05) is 18.2 Å². The Bertz CT molecular complexity index is 928. The van der Waals surface area contributed by atoms with Crippen molar-refractivity contribution in [1.82, 2.24) is 15.2 Å². The number of rotatable bonds is 4. The molecule has 2 N–H and O–H groups in total. The molecule has 0 unspecified atom stereocenters. The van der Waals surface area contributed by atoms with Crippen LogP contribution in [0.3, 0.4) is 0 Å². The number of aromatic nitrogens is 1. The van der Waals surface area contributed by atoms with Gasteiger partial charge in [0, 0.05) is 29.4 Å². The number of nitrogens with zero attached hydrogens (tertiary/aromatic N) is 1. The summed E-state index contributed by atoms with van der Waals surface area (Å²) in [6.45, 7) is 1.32. The smallest absolute Gasteiger partial charge is 0.253 e. The van der Waals surface area contributed by atoms with E-state index in [1.54, 1.807) is 24.3 Å². The number of likely N-dealkylation sites (N-methyl/N-ethyl adjacent to an activating group) is 1. The Labute approximate surface area is 133 Å². The van der Waals surface area contributed by atoms with Crippen molar-refractivity contribution in [3.63, 3.8) is 0 Å². The Hall–Kier alpha value is -2.66. The second-order valence-corrected chi connectivity index (χ2v) is 5.79. The molecule has 5 nitrogen and oxygen atoms in total. The van der Waals surface area contributed by atoms with Crippen molar-refractivity contribution in [1.29, 1.82) is 0 Å². The average Bonchev–Trinajstić information content (AvgIpc) is 2.54. The highest BCUT2D eigenvalue weighted by atomic mass is 16.1. The summed E-state index contributed by atoms with van der Waals surface area (Å²) in [5, 5.41) is 4.05. The summed E-state index contributed by atoms with van der Waals surface area (Å²) in [5.41, 5.74) is 1.75. The van der Waals surface area contributed by atoms with Gasteiger partial charge < -0.3 is 15.2 Å². The lowest BCUT2D eigenvalue weighted by atomic mass is 10.1. The molecule has 0 fully saturated rings. The van der Waals surface area contributed by atoms with E-state index >= 15 is 0 Å². The monoisotopic (exact) mass is 309 g/mol. The maximum Gasteiger partial charge on any atom is 0.253 e. The van der Waals surface area contributed by atoms with Gasteiger partial charge in [-0.25, -0.2) is 0 Å². The van der Waals surface area contributed by atoms with Crippen LogP contribution in [0.1, 0.15) is 10.4 Å². The maximum atomic E-state index is 12.6. The molecule has 0 atom stereocenters. The van der Waals surface area contributed by atoms with E-state index in [0.717, 1.165) is 12.1 Å². The summed E-state index contributed by atoms with van der Waals surface area (Å²) in [5.74, 6) is -0.177. The van der Waals surface area contributed by atoms with Gasteiger partial charge in [0.05, 0.1) is 11.1 Å². The molecule has 0 bridgehead atoms. The number of benzene rings is 2. The Kier molecular flexibility index (Phi) is 4.12. The fraction of sp³-hybridized carbons (Fsp3) is 0.222. The van der Waals surface area contributed by atoms with Crippen molar-refractivity contribution >= 4 is 27.7 Å². The van der Waals surface area contributed by atoms with Crippen molar-refractivity contribution in [2.24, 2.45) is 0 Å². The fourth-order valence-electron chi connectivity index (χ4n) is 2.62. The molecule has 0 spiro atoms. The van der Waals surface area contributed by atoms with Crippen LogP contribution in [-0.4, -0.2) is 43.0 Å². The second kappa shape index (κ2) is 6.22. The molecule has 1 heterocycles. The van der Waals surface area contributed by atoms with Crippen LogP contribution in [0.4, 0.5) is 0 Å². The van der Waals surface area contributed by atoms with Crippen LogP contribution < -0.4 is 10.7 Å². The van der Waals surface area contributed by atoms with Crippen molar-refractivity contribution < 1.29 is 4.79 Å². The first-order valence-electron chi connectivity index (χ1n) is 7.54. The van der Waals surface area contributed by atoms with Gasteiger partial charge in [0.15, 0.2) is 5.43 Å². The molecule has 3 aromatic rings. The van der Waals surface area contributed by atoms with E-state index in [-0.39, 0.29) is 11.3 Å². The Morgan fingerprint density at radius 3 is 2.61 bits per heavy atom. The van der Waals surface area contributed by atoms with Crippen LogP contribution in [-0.2, 0) is 0 Å². The Balaban J connectivity index is 2.08. The van der Waals surface area contributed by atoms with Gasteiger partial charge in [0.1, 0.15) is 0 Å². The predicted octanol–water partition coefficient (Wildman–Crippen LogP) is 1.97. The number of hydrogen-bond donors (Lipinski definition) is 2. The molecule has 1 aromatic heterocycles. The average molecular weight is 309 g/mol. The third kappa shape index (κ3) is 2.96.